The van der Waals surface area contributed by atoms with Crippen LogP contribution in [0.5, 0.6) is 11.5 Å². The lowest BCUT2D eigenvalue weighted by Gasteiger charge is -2.12. The predicted octanol–water partition coefficient (Wildman–Crippen LogP) is 3.88. The Bertz CT molecular complexity index is 741. The van der Waals surface area contributed by atoms with E-state index in [0.717, 1.165) is 16.7 Å². The maximum Gasteiger partial charge on any atom is 0.275 e. The van der Waals surface area contributed by atoms with Crippen molar-refractivity contribution in [3.05, 3.63) is 57.1 Å². The van der Waals surface area contributed by atoms with Gasteiger partial charge in [0.25, 0.3) is 5.69 Å². The number of anilines is 1. The summed E-state index contributed by atoms with van der Waals surface area (Å²) < 4.78 is 5.79. The van der Waals surface area contributed by atoms with Gasteiger partial charge >= 0.3 is 0 Å². The topological polar surface area (TPSA) is 81.5 Å². The highest BCUT2D eigenvalue weighted by Crippen LogP contribution is 2.32. The first-order chi connectivity index (χ1) is 10.4. The second-order valence-corrected chi connectivity index (χ2v) is 5.04. The maximum atomic E-state index is 11.0. The Balaban J connectivity index is 2.44. The highest BCUT2D eigenvalue weighted by Gasteiger charge is 2.12. The van der Waals surface area contributed by atoms with Gasteiger partial charge < -0.3 is 10.1 Å². The van der Waals surface area contributed by atoms with Crippen molar-refractivity contribution in [1.82, 2.24) is 0 Å². The minimum absolute atomic E-state index is 0.149. The van der Waals surface area contributed by atoms with E-state index in [2.05, 4.69) is 5.32 Å². The van der Waals surface area contributed by atoms with Crippen molar-refractivity contribution in [2.45, 2.75) is 20.8 Å². The van der Waals surface area contributed by atoms with Crippen LogP contribution in [0.1, 0.15) is 16.7 Å². The molecule has 0 spiro atoms. The number of nitrogens with one attached hydrogen (secondary N) is 1. The number of hydrogen-bond acceptors (Lipinski definition) is 4. The zero-order valence-corrected chi connectivity index (χ0v) is 12.5. The average molecular weight is 300 g/mol. The first-order valence-electron chi connectivity index (χ1n) is 6.66. The summed E-state index contributed by atoms with van der Waals surface area (Å²) in [6.07, 6.45) is 0.463. The summed E-state index contributed by atoms with van der Waals surface area (Å²) >= 11 is 0. The van der Waals surface area contributed by atoms with Crippen molar-refractivity contribution in [2.75, 3.05) is 5.32 Å². The zero-order valence-electron chi connectivity index (χ0n) is 12.5. The number of hydrogen-bond donors (Lipinski definition) is 1. The van der Waals surface area contributed by atoms with E-state index in [4.69, 9.17) is 4.74 Å². The Kier molecular flexibility index (Phi) is 4.41. The number of carbonyl (C=O) groups is 1. The molecule has 2 rings (SSSR count). The number of non-ortho nitro benzene ring substituents is 1. The third-order valence-corrected chi connectivity index (χ3v) is 3.32. The van der Waals surface area contributed by atoms with Crippen molar-refractivity contribution in [3.8, 4) is 11.5 Å². The molecule has 0 aliphatic heterocycles. The molecular formula is C16H16N2O4. The Morgan fingerprint density at radius 1 is 1.14 bits per heavy atom. The van der Waals surface area contributed by atoms with E-state index in [0.29, 0.717) is 23.6 Å². The largest absolute Gasteiger partial charge is 0.457 e. The number of aryl methyl sites for hydroxylation is 2. The fourth-order valence-electron chi connectivity index (χ4n) is 2.13. The van der Waals surface area contributed by atoms with Gasteiger partial charge in [0, 0.05) is 12.1 Å². The maximum absolute atomic E-state index is 11.0. The monoisotopic (exact) mass is 300 g/mol. The van der Waals surface area contributed by atoms with Crippen LogP contribution in [0, 0.1) is 30.9 Å². The third kappa shape index (κ3) is 3.41. The number of benzene rings is 2. The van der Waals surface area contributed by atoms with E-state index in [1.54, 1.807) is 6.07 Å². The van der Waals surface area contributed by atoms with Gasteiger partial charge in [-0.1, -0.05) is 6.07 Å². The number of nitro benzene ring substituents is 1. The summed E-state index contributed by atoms with van der Waals surface area (Å²) in [5, 5.41) is 13.4. The molecule has 0 bridgehead atoms. The van der Waals surface area contributed by atoms with Gasteiger partial charge in [0.1, 0.15) is 11.5 Å². The van der Waals surface area contributed by atoms with Gasteiger partial charge in [-0.25, -0.2) is 0 Å². The van der Waals surface area contributed by atoms with Crippen LogP contribution in [0.15, 0.2) is 30.3 Å². The molecule has 0 aromatic heterocycles. The van der Waals surface area contributed by atoms with Crippen LogP contribution in [0.2, 0.25) is 0 Å². The van der Waals surface area contributed by atoms with Gasteiger partial charge in [0.2, 0.25) is 6.41 Å². The van der Waals surface area contributed by atoms with Crippen LogP contribution in [-0.4, -0.2) is 11.3 Å². The first-order valence-corrected chi connectivity index (χ1v) is 6.66. The molecule has 6 heteroatoms. The highest BCUT2D eigenvalue weighted by atomic mass is 16.6. The molecular weight excluding hydrogens is 284 g/mol. The van der Waals surface area contributed by atoms with Crippen LogP contribution in [0.25, 0.3) is 0 Å². The summed E-state index contributed by atoms with van der Waals surface area (Å²) in [4.78, 5) is 21.0. The SMILES string of the molecule is Cc1cc(C)c(C)c(Oc2cc(NC=O)cc([N+](=O)[O-])c2)c1. The van der Waals surface area contributed by atoms with Crippen LogP contribution >= 0.6 is 0 Å². The standard InChI is InChI=1S/C16H16N2O4/c1-10-4-11(2)12(3)16(5-10)22-15-7-13(17-9-19)6-14(8-15)18(20)21/h4-9H,1-3H3,(H,17,19). The molecule has 0 aliphatic carbocycles. The van der Waals surface area contributed by atoms with Crippen molar-refractivity contribution in [3.63, 3.8) is 0 Å². The molecule has 0 radical (unpaired) electrons. The Morgan fingerprint density at radius 2 is 1.86 bits per heavy atom. The Labute approximate surface area is 127 Å². The third-order valence-electron chi connectivity index (χ3n) is 3.32. The highest BCUT2D eigenvalue weighted by molar-refractivity contribution is 5.73. The lowest BCUT2D eigenvalue weighted by Crippen LogP contribution is -1.98. The molecule has 114 valence electrons. The van der Waals surface area contributed by atoms with Crippen molar-refractivity contribution >= 4 is 17.8 Å². The van der Waals surface area contributed by atoms with Gasteiger partial charge in [-0.15, -0.1) is 0 Å². The number of nitrogens with zero attached hydrogens (tertiary/aromatic N) is 1. The molecule has 1 N–H and O–H groups in total. The lowest BCUT2D eigenvalue weighted by atomic mass is 10.1. The minimum atomic E-state index is -0.531. The molecule has 0 aliphatic rings. The Morgan fingerprint density at radius 3 is 2.50 bits per heavy atom. The van der Waals surface area contributed by atoms with Crippen LogP contribution < -0.4 is 10.1 Å². The van der Waals surface area contributed by atoms with Gasteiger partial charge in [0.05, 0.1) is 16.7 Å². The number of amides is 1. The number of nitro groups is 1. The summed E-state index contributed by atoms with van der Waals surface area (Å²) in [6.45, 7) is 5.85. The first kappa shape index (κ1) is 15.5. The molecule has 22 heavy (non-hydrogen) atoms. The predicted molar refractivity (Wildman–Crippen MR) is 83.5 cm³/mol. The van der Waals surface area contributed by atoms with E-state index < -0.39 is 4.92 Å². The van der Waals surface area contributed by atoms with Crippen molar-refractivity contribution in [2.24, 2.45) is 0 Å². The summed E-state index contributed by atoms with van der Waals surface area (Å²) in [7, 11) is 0. The number of carbonyl (C=O) groups excluding carboxylic acids is 1. The molecule has 6 nitrogen and oxygen atoms in total. The summed E-state index contributed by atoms with van der Waals surface area (Å²) in [5.41, 5.74) is 3.23. The fourth-order valence-corrected chi connectivity index (χ4v) is 2.13. The van der Waals surface area contributed by atoms with E-state index in [1.165, 1.54) is 12.1 Å². The Hall–Kier alpha value is -2.89. The number of ether oxygens (including phenoxy) is 1. The van der Waals surface area contributed by atoms with Gasteiger partial charge in [-0.3, -0.25) is 14.9 Å². The summed E-state index contributed by atoms with van der Waals surface area (Å²) in [6, 6.07) is 8.05. The smallest absolute Gasteiger partial charge is 0.275 e. The molecule has 0 fully saturated rings. The van der Waals surface area contributed by atoms with Crippen LogP contribution in [0.4, 0.5) is 11.4 Å². The van der Waals surface area contributed by atoms with Crippen molar-refractivity contribution in [1.29, 1.82) is 0 Å². The van der Waals surface area contributed by atoms with Gasteiger partial charge in [0.15, 0.2) is 0 Å². The van der Waals surface area contributed by atoms with E-state index in [-0.39, 0.29) is 5.69 Å². The van der Waals surface area contributed by atoms with Crippen molar-refractivity contribution < 1.29 is 14.5 Å². The van der Waals surface area contributed by atoms with E-state index in [1.807, 2.05) is 32.9 Å². The fraction of sp³-hybridized carbons (Fsp3) is 0.188. The van der Waals surface area contributed by atoms with E-state index in [9.17, 15) is 14.9 Å². The lowest BCUT2D eigenvalue weighted by molar-refractivity contribution is -0.384. The quantitative estimate of drug-likeness (QED) is 0.516. The second-order valence-electron chi connectivity index (χ2n) is 5.04. The molecule has 0 saturated heterocycles. The van der Waals surface area contributed by atoms with E-state index >= 15 is 0 Å². The van der Waals surface area contributed by atoms with Crippen LogP contribution in [0.3, 0.4) is 0 Å². The molecule has 1 amide bonds. The second kappa shape index (κ2) is 6.26. The molecule has 0 heterocycles. The average Bonchev–Trinajstić information content (AvgIpc) is 2.44. The normalized spacial score (nSPS) is 10.1. The summed E-state index contributed by atoms with van der Waals surface area (Å²) in [5.74, 6) is 0.932. The number of rotatable bonds is 5. The molecule has 0 unspecified atom stereocenters. The minimum Gasteiger partial charge on any atom is -0.457 e. The van der Waals surface area contributed by atoms with Crippen LogP contribution in [-0.2, 0) is 4.79 Å². The molecule has 2 aromatic rings. The molecule has 0 atom stereocenters. The molecule has 2 aromatic carbocycles. The van der Waals surface area contributed by atoms with Gasteiger partial charge in [-0.05, 0) is 43.5 Å². The molecule has 0 saturated carbocycles. The zero-order chi connectivity index (χ0) is 16.3. The van der Waals surface area contributed by atoms with Gasteiger partial charge in [-0.2, -0.15) is 0 Å².